The molecule has 9 heteroatoms. The summed E-state index contributed by atoms with van der Waals surface area (Å²) in [6, 6.07) is 1.53. The van der Waals surface area contributed by atoms with Crippen LogP contribution in [0.5, 0.6) is 0 Å². The Morgan fingerprint density at radius 3 is 2.62 bits per heavy atom. The highest BCUT2D eigenvalue weighted by molar-refractivity contribution is 7.18. The molecule has 0 aliphatic rings. The molecule has 0 saturated carbocycles. The molecule has 0 spiro atoms. The maximum absolute atomic E-state index is 13.6. The molecule has 1 aromatic heterocycles. The highest BCUT2D eigenvalue weighted by Gasteiger charge is 2.20. The van der Waals surface area contributed by atoms with Gasteiger partial charge >= 0.3 is 0 Å². The van der Waals surface area contributed by atoms with Gasteiger partial charge in [-0.3, -0.25) is 4.79 Å². The number of benzene rings is 1. The van der Waals surface area contributed by atoms with Crippen LogP contribution in [-0.4, -0.2) is 25.0 Å². The van der Waals surface area contributed by atoms with Crippen molar-refractivity contribution >= 4 is 45.5 Å². The zero-order valence-corrected chi connectivity index (χ0v) is 12.6. The van der Waals surface area contributed by atoms with Crippen molar-refractivity contribution in [2.24, 2.45) is 0 Å². The third-order valence-electron chi connectivity index (χ3n) is 2.48. The first kappa shape index (κ1) is 15.5. The molecule has 3 N–H and O–H groups in total. The van der Waals surface area contributed by atoms with Gasteiger partial charge in [-0.05, 0) is 6.07 Å². The molecule has 0 saturated heterocycles. The number of amides is 1. The van der Waals surface area contributed by atoms with Crippen LogP contribution in [0.4, 0.5) is 25.4 Å². The van der Waals surface area contributed by atoms with Crippen LogP contribution in [0.2, 0.25) is 5.02 Å². The molecule has 2 aromatic rings. The number of aromatic nitrogens is 1. The van der Waals surface area contributed by atoms with Crippen molar-refractivity contribution in [3.05, 3.63) is 33.7 Å². The van der Waals surface area contributed by atoms with Gasteiger partial charge in [0, 0.05) is 20.2 Å². The van der Waals surface area contributed by atoms with E-state index >= 15 is 0 Å². The summed E-state index contributed by atoms with van der Waals surface area (Å²) in [4.78, 5) is 17.9. The summed E-state index contributed by atoms with van der Waals surface area (Å²) >= 11 is 6.76. The maximum Gasteiger partial charge on any atom is 0.269 e. The Hall–Kier alpha value is -1.93. The number of nitrogens with one attached hydrogen (secondary N) is 1. The number of nitrogen functional groups attached to an aromatic ring is 1. The molecule has 1 heterocycles. The minimum atomic E-state index is -0.968. The van der Waals surface area contributed by atoms with Crippen LogP contribution in [0, 0.1) is 11.6 Å². The summed E-state index contributed by atoms with van der Waals surface area (Å²) < 4.78 is 26.6. The summed E-state index contributed by atoms with van der Waals surface area (Å²) in [5.41, 5.74) is 5.36. The maximum atomic E-state index is 13.6. The van der Waals surface area contributed by atoms with E-state index in [1.807, 2.05) is 0 Å². The first-order valence-corrected chi connectivity index (χ1v) is 6.88. The van der Waals surface area contributed by atoms with Crippen LogP contribution in [0.1, 0.15) is 9.67 Å². The van der Waals surface area contributed by atoms with Crippen molar-refractivity contribution in [3.8, 4) is 0 Å². The Morgan fingerprint density at radius 2 is 2.10 bits per heavy atom. The molecule has 5 nitrogen and oxygen atoms in total. The van der Waals surface area contributed by atoms with E-state index in [-0.39, 0.29) is 21.4 Å². The van der Waals surface area contributed by atoms with Crippen molar-refractivity contribution in [2.45, 2.75) is 0 Å². The van der Waals surface area contributed by atoms with Gasteiger partial charge in [0.25, 0.3) is 5.91 Å². The number of anilines is 3. The number of nitrogens with zero attached hydrogens (tertiary/aromatic N) is 2. The normalized spacial score (nSPS) is 10.5. The molecule has 1 amide bonds. The molecule has 0 unspecified atom stereocenters. The lowest BCUT2D eigenvalue weighted by Crippen LogP contribution is -2.14. The summed E-state index contributed by atoms with van der Waals surface area (Å²) in [6.07, 6.45) is 0. The molecule has 0 atom stereocenters. The van der Waals surface area contributed by atoms with Gasteiger partial charge in [-0.25, -0.2) is 13.8 Å². The number of carbonyl (C=O) groups is 1. The van der Waals surface area contributed by atoms with E-state index in [0.29, 0.717) is 11.2 Å². The Morgan fingerprint density at radius 1 is 1.43 bits per heavy atom. The van der Waals surface area contributed by atoms with Crippen LogP contribution >= 0.6 is 22.9 Å². The number of rotatable bonds is 3. The lowest BCUT2D eigenvalue weighted by Gasteiger charge is -2.08. The summed E-state index contributed by atoms with van der Waals surface area (Å²) in [5.74, 6) is -2.43. The zero-order valence-electron chi connectivity index (χ0n) is 11.1. The van der Waals surface area contributed by atoms with Crippen molar-refractivity contribution in [1.82, 2.24) is 4.98 Å². The fraction of sp³-hybridized carbons (Fsp3) is 0.167. The minimum absolute atomic E-state index is 0.0276. The number of halogens is 3. The Kier molecular flexibility index (Phi) is 4.29. The molecule has 112 valence electrons. The zero-order chi connectivity index (χ0) is 15.7. The molecule has 1 aromatic carbocycles. The van der Waals surface area contributed by atoms with Crippen LogP contribution < -0.4 is 16.0 Å². The highest BCUT2D eigenvalue weighted by atomic mass is 35.5. The quantitative estimate of drug-likeness (QED) is 0.906. The average molecular weight is 333 g/mol. The standard InChI is InChI=1S/C12H11ClF2N4OS/c1-19(2)12-18-10(16)9(21-12)11(20)17-8-6(13)3-5(14)4-7(8)15/h3-4H,16H2,1-2H3,(H,17,20). The minimum Gasteiger partial charge on any atom is -0.382 e. The molecule has 0 fully saturated rings. The number of hydrogen-bond donors (Lipinski definition) is 2. The first-order valence-electron chi connectivity index (χ1n) is 5.69. The summed E-state index contributed by atoms with van der Waals surface area (Å²) in [5, 5.41) is 2.57. The number of thiazole rings is 1. The van der Waals surface area contributed by atoms with Crippen LogP contribution in [-0.2, 0) is 0 Å². The van der Waals surface area contributed by atoms with E-state index < -0.39 is 17.5 Å². The van der Waals surface area contributed by atoms with Crippen LogP contribution in [0.25, 0.3) is 0 Å². The predicted molar refractivity (Wildman–Crippen MR) is 80.2 cm³/mol. The fourth-order valence-corrected chi connectivity index (χ4v) is 2.55. The average Bonchev–Trinajstić information content (AvgIpc) is 2.76. The van der Waals surface area contributed by atoms with E-state index in [1.165, 1.54) is 0 Å². The van der Waals surface area contributed by atoms with Gasteiger partial charge in [-0.2, -0.15) is 0 Å². The van der Waals surface area contributed by atoms with Crippen LogP contribution in [0.15, 0.2) is 12.1 Å². The van der Waals surface area contributed by atoms with E-state index in [4.69, 9.17) is 17.3 Å². The van der Waals surface area contributed by atoms with Gasteiger partial charge in [0.15, 0.2) is 10.9 Å². The van der Waals surface area contributed by atoms with Gasteiger partial charge in [-0.15, -0.1) is 0 Å². The smallest absolute Gasteiger partial charge is 0.269 e. The molecule has 0 aliphatic carbocycles. The lowest BCUT2D eigenvalue weighted by molar-refractivity contribution is 0.103. The van der Waals surface area contributed by atoms with Gasteiger partial charge in [0.1, 0.15) is 16.5 Å². The Bertz CT molecular complexity index is 682. The molecular weight excluding hydrogens is 322 g/mol. The van der Waals surface area contributed by atoms with Gasteiger partial charge in [0.2, 0.25) is 0 Å². The van der Waals surface area contributed by atoms with Gasteiger partial charge in [0.05, 0.1) is 10.7 Å². The van der Waals surface area contributed by atoms with E-state index in [9.17, 15) is 13.6 Å². The van der Waals surface area contributed by atoms with E-state index in [0.717, 1.165) is 17.4 Å². The Labute approximate surface area is 128 Å². The van der Waals surface area contributed by atoms with Gasteiger partial charge in [-0.1, -0.05) is 22.9 Å². The second kappa shape index (κ2) is 5.82. The largest absolute Gasteiger partial charge is 0.382 e. The third-order valence-corrected chi connectivity index (χ3v) is 4.01. The molecular formula is C12H11ClF2N4OS. The van der Waals surface area contributed by atoms with Crippen LogP contribution in [0.3, 0.4) is 0 Å². The van der Waals surface area contributed by atoms with E-state index in [1.54, 1.807) is 19.0 Å². The number of hydrogen-bond acceptors (Lipinski definition) is 5. The SMILES string of the molecule is CN(C)c1nc(N)c(C(=O)Nc2c(F)cc(F)cc2Cl)s1. The fourth-order valence-electron chi connectivity index (χ4n) is 1.51. The Balaban J connectivity index is 2.30. The van der Waals surface area contributed by atoms with Crippen molar-refractivity contribution in [1.29, 1.82) is 0 Å². The number of carbonyl (C=O) groups excluding carboxylic acids is 1. The van der Waals surface area contributed by atoms with Crippen molar-refractivity contribution in [3.63, 3.8) is 0 Å². The molecule has 0 aliphatic heterocycles. The van der Waals surface area contributed by atoms with E-state index in [2.05, 4.69) is 10.3 Å². The second-order valence-electron chi connectivity index (χ2n) is 4.30. The molecule has 2 rings (SSSR count). The predicted octanol–water partition coefficient (Wildman–Crippen LogP) is 2.98. The monoisotopic (exact) mass is 332 g/mol. The third kappa shape index (κ3) is 3.22. The first-order chi connectivity index (χ1) is 9.79. The lowest BCUT2D eigenvalue weighted by atomic mass is 10.3. The highest BCUT2D eigenvalue weighted by Crippen LogP contribution is 2.30. The second-order valence-corrected chi connectivity index (χ2v) is 5.69. The van der Waals surface area contributed by atoms with Crippen molar-refractivity contribution in [2.75, 3.05) is 30.0 Å². The summed E-state index contributed by atoms with van der Waals surface area (Å²) in [6.45, 7) is 0. The number of nitrogens with two attached hydrogens (primary N) is 1. The molecule has 0 bridgehead atoms. The summed E-state index contributed by atoms with van der Waals surface area (Å²) in [7, 11) is 3.49. The van der Waals surface area contributed by atoms with Gasteiger partial charge < -0.3 is 16.0 Å². The topological polar surface area (TPSA) is 71.2 Å². The van der Waals surface area contributed by atoms with Crippen molar-refractivity contribution < 1.29 is 13.6 Å². The molecule has 0 radical (unpaired) electrons. The molecule has 21 heavy (non-hydrogen) atoms.